The van der Waals surface area contributed by atoms with Gasteiger partial charge in [-0.1, -0.05) is 24.3 Å². The molecule has 0 unspecified atom stereocenters. The van der Waals surface area contributed by atoms with Crippen molar-refractivity contribution in [3.8, 4) is 11.3 Å². The molecule has 1 N–H and O–H groups in total. The van der Waals surface area contributed by atoms with Gasteiger partial charge >= 0.3 is 0 Å². The standard InChI is InChI=1S/C16H19N3O/c20-11-13-4-6-14(7-5-13)15-10-16(18-12-17-15)19-8-2-1-3-9-19/h4-7,10,12,20H,1-3,8-9,11H2. The number of benzene rings is 1. The van der Waals surface area contributed by atoms with Crippen molar-refractivity contribution >= 4 is 5.82 Å². The van der Waals surface area contributed by atoms with Gasteiger partial charge in [0.25, 0.3) is 0 Å². The van der Waals surface area contributed by atoms with E-state index in [1.807, 2.05) is 24.3 Å². The molecule has 2 heterocycles. The molecular weight excluding hydrogens is 250 g/mol. The van der Waals surface area contributed by atoms with E-state index >= 15 is 0 Å². The Morgan fingerprint density at radius 3 is 2.45 bits per heavy atom. The number of rotatable bonds is 3. The van der Waals surface area contributed by atoms with Gasteiger partial charge in [0.2, 0.25) is 0 Å². The van der Waals surface area contributed by atoms with E-state index in [0.717, 1.165) is 35.7 Å². The highest BCUT2D eigenvalue weighted by molar-refractivity contribution is 5.62. The van der Waals surface area contributed by atoms with E-state index in [1.54, 1.807) is 6.33 Å². The van der Waals surface area contributed by atoms with Crippen molar-refractivity contribution in [1.82, 2.24) is 9.97 Å². The molecule has 1 aromatic carbocycles. The average Bonchev–Trinajstić information content (AvgIpc) is 2.56. The van der Waals surface area contributed by atoms with Crippen molar-refractivity contribution in [2.24, 2.45) is 0 Å². The Labute approximate surface area is 119 Å². The first-order chi connectivity index (χ1) is 9.86. The van der Waals surface area contributed by atoms with Crippen LogP contribution in [-0.2, 0) is 6.61 Å². The number of aromatic nitrogens is 2. The summed E-state index contributed by atoms with van der Waals surface area (Å²) in [7, 11) is 0. The second kappa shape index (κ2) is 6.01. The summed E-state index contributed by atoms with van der Waals surface area (Å²) in [5, 5.41) is 9.08. The molecule has 0 spiro atoms. The topological polar surface area (TPSA) is 49.2 Å². The zero-order chi connectivity index (χ0) is 13.8. The van der Waals surface area contributed by atoms with Crippen LogP contribution in [0.3, 0.4) is 0 Å². The van der Waals surface area contributed by atoms with Crippen molar-refractivity contribution < 1.29 is 5.11 Å². The van der Waals surface area contributed by atoms with Crippen LogP contribution in [0.25, 0.3) is 11.3 Å². The molecule has 2 aromatic rings. The largest absolute Gasteiger partial charge is 0.392 e. The molecule has 0 radical (unpaired) electrons. The Bertz CT molecular complexity index is 562. The minimum absolute atomic E-state index is 0.0725. The van der Waals surface area contributed by atoms with Gasteiger partial charge in [-0.15, -0.1) is 0 Å². The molecule has 20 heavy (non-hydrogen) atoms. The normalized spacial score (nSPS) is 15.3. The summed E-state index contributed by atoms with van der Waals surface area (Å²) in [4.78, 5) is 11.1. The molecular formula is C16H19N3O. The molecule has 4 heteroatoms. The first-order valence-corrected chi connectivity index (χ1v) is 7.14. The predicted molar refractivity (Wildman–Crippen MR) is 79.5 cm³/mol. The zero-order valence-corrected chi connectivity index (χ0v) is 11.5. The molecule has 0 aliphatic carbocycles. The molecule has 1 fully saturated rings. The smallest absolute Gasteiger partial charge is 0.132 e. The van der Waals surface area contributed by atoms with Gasteiger partial charge in [0, 0.05) is 24.7 Å². The first-order valence-electron chi connectivity index (χ1n) is 7.14. The third kappa shape index (κ3) is 2.80. The van der Waals surface area contributed by atoms with Crippen molar-refractivity contribution in [1.29, 1.82) is 0 Å². The molecule has 0 atom stereocenters. The molecule has 0 saturated carbocycles. The number of aliphatic hydroxyl groups excluding tert-OH is 1. The lowest BCUT2D eigenvalue weighted by Gasteiger charge is -2.27. The number of nitrogens with zero attached hydrogens (tertiary/aromatic N) is 3. The van der Waals surface area contributed by atoms with Gasteiger partial charge in [-0.2, -0.15) is 0 Å². The molecule has 104 valence electrons. The number of anilines is 1. The number of hydrogen-bond donors (Lipinski definition) is 1. The van der Waals surface area contributed by atoms with Crippen molar-refractivity contribution in [2.45, 2.75) is 25.9 Å². The van der Waals surface area contributed by atoms with Gasteiger partial charge in [0.15, 0.2) is 0 Å². The summed E-state index contributed by atoms with van der Waals surface area (Å²) < 4.78 is 0. The Balaban J connectivity index is 1.85. The summed E-state index contributed by atoms with van der Waals surface area (Å²) >= 11 is 0. The van der Waals surface area contributed by atoms with Crippen LogP contribution >= 0.6 is 0 Å². The summed E-state index contributed by atoms with van der Waals surface area (Å²) in [6.45, 7) is 2.24. The van der Waals surface area contributed by atoms with E-state index in [9.17, 15) is 0 Å². The minimum Gasteiger partial charge on any atom is -0.392 e. The van der Waals surface area contributed by atoms with Gasteiger partial charge in [-0.05, 0) is 24.8 Å². The highest BCUT2D eigenvalue weighted by atomic mass is 16.3. The lowest BCUT2D eigenvalue weighted by Crippen LogP contribution is -2.30. The van der Waals surface area contributed by atoms with Crippen LogP contribution < -0.4 is 4.90 Å². The fraction of sp³-hybridized carbons (Fsp3) is 0.375. The average molecular weight is 269 g/mol. The third-order valence-corrected chi connectivity index (χ3v) is 3.76. The summed E-state index contributed by atoms with van der Waals surface area (Å²) in [6, 6.07) is 9.90. The number of hydrogen-bond acceptors (Lipinski definition) is 4. The maximum atomic E-state index is 9.08. The van der Waals surface area contributed by atoms with Gasteiger partial charge in [-0.3, -0.25) is 0 Å². The molecule has 3 rings (SSSR count). The van der Waals surface area contributed by atoms with Gasteiger partial charge < -0.3 is 10.0 Å². The fourth-order valence-corrected chi connectivity index (χ4v) is 2.58. The van der Waals surface area contributed by atoms with Crippen LogP contribution in [0.2, 0.25) is 0 Å². The Morgan fingerprint density at radius 1 is 1.00 bits per heavy atom. The first kappa shape index (κ1) is 13.1. The quantitative estimate of drug-likeness (QED) is 0.930. The highest BCUT2D eigenvalue weighted by Crippen LogP contribution is 2.23. The molecule has 0 amide bonds. The maximum absolute atomic E-state index is 9.08. The molecule has 1 aliphatic heterocycles. The predicted octanol–water partition coefficient (Wildman–Crippen LogP) is 2.63. The van der Waals surface area contributed by atoms with Gasteiger partial charge in [-0.25, -0.2) is 9.97 Å². The van der Waals surface area contributed by atoms with Crippen LogP contribution in [0.5, 0.6) is 0 Å². The minimum atomic E-state index is 0.0725. The summed E-state index contributed by atoms with van der Waals surface area (Å²) in [6.07, 6.45) is 5.44. The number of piperidine rings is 1. The van der Waals surface area contributed by atoms with Gasteiger partial charge in [0.1, 0.15) is 12.1 Å². The Morgan fingerprint density at radius 2 is 1.75 bits per heavy atom. The maximum Gasteiger partial charge on any atom is 0.132 e. The third-order valence-electron chi connectivity index (χ3n) is 3.76. The molecule has 4 nitrogen and oxygen atoms in total. The van der Waals surface area contributed by atoms with Crippen LogP contribution in [0, 0.1) is 0 Å². The van der Waals surface area contributed by atoms with E-state index < -0.39 is 0 Å². The zero-order valence-electron chi connectivity index (χ0n) is 11.5. The highest BCUT2D eigenvalue weighted by Gasteiger charge is 2.13. The molecule has 1 aromatic heterocycles. The van der Waals surface area contributed by atoms with Crippen LogP contribution in [-0.4, -0.2) is 28.2 Å². The van der Waals surface area contributed by atoms with Crippen LogP contribution in [0.1, 0.15) is 24.8 Å². The van der Waals surface area contributed by atoms with Crippen molar-refractivity contribution in [3.63, 3.8) is 0 Å². The van der Waals surface area contributed by atoms with Crippen LogP contribution in [0.15, 0.2) is 36.7 Å². The lowest BCUT2D eigenvalue weighted by molar-refractivity contribution is 0.282. The monoisotopic (exact) mass is 269 g/mol. The second-order valence-electron chi connectivity index (χ2n) is 5.16. The van der Waals surface area contributed by atoms with E-state index in [2.05, 4.69) is 20.9 Å². The van der Waals surface area contributed by atoms with E-state index in [0.29, 0.717) is 0 Å². The van der Waals surface area contributed by atoms with Crippen molar-refractivity contribution in [2.75, 3.05) is 18.0 Å². The Kier molecular flexibility index (Phi) is 3.92. The molecule has 1 aliphatic rings. The summed E-state index contributed by atoms with van der Waals surface area (Å²) in [5.41, 5.74) is 2.91. The lowest BCUT2D eigenvalue weighted by atomic mass is 10.1. The van der Waals surface area contributed by atoms with E-state index in [-0.39, 0.29) is 6.61 Å². The summed E-state index contributed by atoms with van der Waals surface area (Å²) in [5.74, 6) is 1.01. The van der Waals surface area contributed by atoms with E-state index in [4.69, 9.17) is 5.11 Å². The Hall–Kier alpha value is -1.94. The fourth-order valence-electron chi connectivity index (χ4n) is 2.58. The van der Waals surface area contributed by atoms with Gasteiger partial charge in [0.05, 0.1) is 12.3 Å². The van der Waals surface area contributed by atoms with E-state index in [1.165, 1.54) is 19.3 Å². The van der Waals surface area contributed by atoms with Crippen LogP contribution in [0.4, 0.5) is 5.82 Å². The molecule has 1 saturated heterocycles. The molecule has 0 bridgehead atoms. The second-order valence-corrected chi connectivity index (χ2v) is 5.16. The van der Waals surface area contributed by atoms with Crippen molar-refractivity contribution in [3.05, 3.63) is 42.2 Å². The SMILES string of the molecule is OCc1ccc(-c2cc(N3CCCCC3)ncn2)cc1. The number of aliphatic hydroxyl groups is 1.